The van der Waals surface area contributed by atoms with Gasteiger partial charge in [-0.3, -0.25) is 4.79 Å². The molecule has 0 amide bonds. The van der Waals surface area contributed by atoms with Gasteiger partial charge in [-0.05, 0) is 37.6 Å². The van der Waals surface area contributed by atoms with Crippen molar-refractivity contribution in [1.29, 1.82) is 0 Å². The van der Waals surface area contributed by atoms with Crippen molar-refractivity contribution in [2.45, 2.75) is 27.2 Å². The Morgan fingerprint density at radius 3 is 2.33 bits per heavy atom. The molecule has 21 heavy (non-hydrogen) atoms. The van der Waals surface area contributed by atoms with E-state index in [0.717, 1.165) is 18.7 Å². The Hall–Kier alpha value is -2.04. The molecule has 0 spiro atoms. The molecule has 0 heterocycles. The monoisotopic (exact) mass is 293 g/mol. The van der Waals surface area contributed by atoms with Gasteiger partial charge >= 0.3 is 11.9 Å². The normalized spacial score (nSPS) is 11.8. The number of esters is 1. The highest BCUT2D eigenvalue weighted by Crippen LogP contribution is 2.18. The molecule has 1 atom stereocenters. The summed E-state index contributed by atoms with van der Waals surface area (Å²) >= 11 is 0. The van der Waals surface area contributed by atoms with Crippen molar-refractivity contribution in [1.82, 2.24) is 0 Å². The maximum Gasteiger partial charge on any atom is 0.338 e. The van der Waals surface area contributed by atoms with E-state index in [1.807, 2.05) is 24.0 Å². The molecule has 0 aliphatic carbocycles. The summed E-state index contributed by atoms with van der Waals surface area (Å²) in [5.41, 5.74) is 1.42. The molecule has 1 rings (SSSR count). The van der Waals surface area contributed by atoms with Crippen molar-refractivity contribution in [2.75, 3.05) is 24.6 Å². The first-order valence-electron chi connectivity index (χ1n) is 7.24. The van der Waals surface area contributed by atoms with Crippen molar-refractivity contribution in [3.8, 4) is 0 Å². The van der Waals surface area contributed by atoms with E-state index in [1.165, 1.54) is 0 Å². The van der Waals surface area contributed by atoms with Crippen molar-refractivity contribution >= 4 is 17.6 Å². The summed E-state index contributed by atoms with van der Waals surface area (Å²) in [5, 5.41) is 9.03. The number of benzene rings is 1. The average Bonchev–Trinajstić information content (AvgIpc) is 2.47. The molecule has 0 aliphatic heterocycles. The van der Waals surface area contributed by atoms with Crippen LogP contribution in [0.1, 0.15) is 37.6 Å². The van der Waals surface area contributed by atoms with Gasteiger partial charge in [0.1, 0.15) is 0 Å². The molecule has 116 valence electrons. The molecule has 1 N–H and O–H groups in total. The largest absolute Gasteiger partial charge is 0.481 e. The van der Waals surface area contributed by atoms with Gasteiger partial charge in [-0.1, -0.05) is 13.8 Å². The number of carboxylic acids is 1. The molecule has 5 nitrogen and oxygen atoms in total. The Kier molecular flexibility index (Phi) is 6.72. The van der Waals surface area contributed by atoms with Crippen molar-refractivity contribution in [3.63, 3.8) is 0 Å². The minimum atomic E-state index is -0.806. The van der Waals surface area contributed by atoms with Gasteiger partial charge in [0.15, 0.2) is 0 Å². The second kappa shape index (κ2) is 8.29. The molecule has 5 heteroatoms. The molecule has 0 aliphatic rings. The summed E-state index contributed by atoms with van der Waals surface area (Å²) < 4.78 is 4.94. The Balaban J connectivity index is 2.83. The summed E-state index contributed by atoms with van der Waals surface area (Å²) in [4.78, 5) is 24.6. The van der Waals surface area contributed by atoms with Crippen LogP contribution < -0.4 is 4.90 Å². The predicted octanol–water partition coefficient (Wildman–Crippen LogP) is 2.80. The van der Waals surface area contributed by atoms with Gasteiger partial charge in [0.05, 0.1) is 18.1 Å². The lowest BCUT2D eigenvalue weighted by atomic mass is 10.1. The van der Waals surface area contributed by atoms with Crippen LogP contribution in [0.15, 0.2) is 24.3 Å². The predicted molar refractivity (Wildman–Crippen MR) is 81.7 cm³/mol. The fraction of sp³-hybridized carbons (Fsp3) is 0.500. The third-order valence-corrected chi connectivity index (χ3v) is 3.15. The second-order valence-corrected chi connectivity index (χ2v) is 4.95. The number of carboxylic acid groups (broad SMARTS) is 1. The first-order chi connectivity index (χ1) is 9.99. The van der Waals surface area contributed by atoms with E-state index in [-0.39, 0.29) is 5.97 Å². The number of hydrogen-bond acceptors (Lipinski definition) is 4. The van der Waals surface area contributed by atoms with Gasteiger partial charge in [0, 0.05) is 18.8 Å². The van der Waals surface area contributed by atoms with Gasteiger partial charge in [-0.2, -0.15) is 0 Å². The van der Waals surface area contributed by atoms with Gasteiger partial charge in [0.25, 0.3) is 0 Å². The number of carbonyl (C=O) groups excluding carboxylic acids is 1. The van der Waals surface area contributed by atoms with Crippen molar-refractivity contribution < 1.29 is 19.4 Å². The van der Waals surface area contributed by atoms with E-state index in [0.29, 0.717) is 18.7 Å². The van der Waals surface area contributed by atoms with Gasteiger partial charge in [-0.25, -0.2) is 4.79 Å². The molecule has 1 aromatic carbocycles. The molecule has 0 fully saturated rings. The number of nitrogens with zero attached hydrogens (tertiary/aromatic N) is 1. The number of anilines is 1. The SMILES string of the molecule is CCCN(CC(C)C(=O)O)c1ccc(C(=O)OCC)cc1. The van der Waals surface area contributed by atoms with Crippen LogP contribution in [0, 0.1) is 5.92 Å². The van der Waals surface area contributed by atoms with Crippen molar-refractivity contribution in [3.05, 3.63) is 29.8 Å². The minimum absolute atomic E-state index is 0.343. The molecule has 0 radical (unpaired) electrons. The van der Waals surface area contributed by atoms with E-state index in [9.17, 15) is 9.59 Å². The van der Waals surface area contributed by atoms with Crippen LogP contribution >= 0.6 is 0 Å². The second-order valence-electron chi connectivity index (χ2n) is 4.95. The lowest BCUT2D eigenvalue weighted by Gasteiger charge is -2.26. The quantitative estimate of drug-likeness (QED) is 0.746. The number of carbonyl (C=O) groups is 2. The third kappa shape index (κ3) is 5.10. The summed E-state index contributed by atoms with van der Waals surface area (Å²) in [7, 11) is 0. The van der Waals surface area contributed by atoms with Crippen LogP contribution in [0.5, 0.6) is 0 Å². The van der Waals surface area contributed by atoms with Crippen LogP contribution in [0.3, 0.4) is 0 Å². The number of ether oxygens (including phenoxy) is 1. The standard InChI is InChI=1S/C16H23NO4/c1-4-10-17(11-12(3)15(18)19)14-8-6-13(7-9-14)16(20)21-5-2/h6-9,12H,4-5,10-11H2,1-3H3,(H,18,19). The average molecular weight is 293 g/mol. The Morgan fingerprint density at radius 1 is 1.24 bits per heavy atom. The van der Waals surface area contributed by atoms with Crippen LogP contribution in [0.4, 0.5) is 5.69 Å². The number of hydrogen-bond donors (Lipinski definition) is 1. The summed E-state index contributed by atoms with van der Waals surface area (Å²) in [5.74, 6) is -1.59. The highest BCUT2D eigenvalue weighted by molar-refractivity contribution is 5.89. The molecule has 1 aromatic rings. The zero-order valence-corrected chi connectivity index (χ0v) is 12.8. The first-order valence-corrected chi connectivity index (χ1v) is 7.24. The Bertz CT molecular complexity index is 470. The first kappa shape index (κ1) is 17.0. The van der Waals surface area contributed by atoms with E-state index in [4.69, 9.17) is 9.84 Å². The lowest BCUT2D eigenvalue weighted by Crippen LogP contribution is -2.32. The minimum Gasteiger partial charge on any atom is -0.481 e. The van der Waals surface area contributed by atoms with Crippen LogP contribution in [-0.4, -0.2) is 36.7 Å². The van der Waals surface area contributed by atoms with Gasteiger partial charge < -0.3 is 14.7 Å². The van der Waals surface area contributed by atoms with Crippen LogP contribution in [0.25, 0.3) is 0 Å². The van der Waals surface area contributed by atoms with Crippen LogP contribution in [0.2, 0.25) is 0 Å². The maximum atomic E-state index is 11.6. The third-order valence-electron chi connectivity index (χ3n) is 3.15. The van der Waals surface area contributed by atoms with Gasteiger partial charge in [-0.15, -0.1) is 0 Å². The van der Waals surface area contributed by atoms with E-state index in [1.54, 1.807) is 26.0 Å². The van der Waals surface area contributed by atoms with E-state index < -0.39 is 11.9 Å². The fourth-order valence-electron chi connectivity index (χ4n) is 2.03. The lowest BCUT2D eigenvalue weighted by molar-refractivity contribution is -0.140. The topological polar surface area (TPSA) is 66.8 Å². The molecular formula is C16H23NO4. The molecule has 0 aromatic heterocycles. The smallest absolute Gasteiger partial charge is 0.338 e. The summed E-state index contributed by atoms with van der Waals surface area (Å²) in [6, 6.07) is 7.08. The fourth-order valence-corrected chi connectivity index (χ4v) is 2.03. The summed E-state index contributed by atoms with van der Waals surface area (Å²) in [6.07, 6.45) is 0.923. The highest BCUT2D eigenvalue weighted by Gasteiger charge is 2.16. The molecule has 0 saturated carbocycles. The zero-order chi connectivity index (χ0) is 15.8. The summed E-state index contributed by atoms with van der Waals surface area (Å²) in [6.45, 7) is 7.07. The Labute approximate surface area is 125 Å². The molecule has 1 unspecified atom stereocenters. The molecule has 0 bridgehead atoms. The van der Waals surface area contributed by atoms with E-state index >= 15 is 0 Å². The van der Waals surface area contributed by atoms with E-state index in [2.05, 4.69) is 0 Å². The van der Waals surface area contributed by atoms with Gasteiger partial charge in [0.2, 0.25) is 0 Å². The molecular weight excluding hydrogens is 270 g/mol. The van der Waals surface area contributed by atoms with Crippen LogP contribution in [-0.2, 0) is 9.53 Å². The Morgan fingerprint density at radius 2 is 1.86 bits per heavy atom. The number of rotatable bonds is 8. The zero-order valence-electron chi connectivity index (χ0n) is 12.8. The maximum absolute atomic E-state index is 11.6. The molecule has 0 saturated heterocycles. The highest BCUT2D eigenvalue weighted by atomic mass is 16.5. The van der Waals surface area contributed by atoms with Crippen molar-refractivity contribution in [2.24, 2.45) is 5.92 Å². The number of aliphatic carboxylic acids is 1.